The number of nitrogens with zero attached hydrogens (tertiary/aromatic N) is 4. The molecule has 0 spiro atoms. The summed E-state index contributed by atoms with van der Waals surface area (Å²) < 4.78 is 19.9. The molecule has 0 N–H and O–H groups in total. The van der Waals surface area contributed by atoms with Crippen LogP contribution in [0, 0.1) is 11.7 Å². The molecule has 2 aromatic rings. The Bertz CT molecular complexity index is 975. The normalized spacial score (nSPS) is 20.6. The Hall–Kier alpha value is -2.58. The molecule has 0 saturated carbocycles. The largest absolute Gasteiger partial charge is 0.383 e. The third-order valence-electron chi connectivity index (χ3n) is 6.06. The van der Waals surface area contributed by atoms with Crippen molar-refractivity contribution in [1.82, 2.24) is 19.4 Å². The lowest BCUT2D eigenvalue weighted by atomic mass is 9.83. The average molecular weight is 414 g/mol. The Morgan fingerprint density at radius 1 is 1.27 bits per heavy atom. The predicted octanol–water partition coefficient (Wildman–Crippen LogP) is 1.72. The van der Waals surface area contributed by atoms with E-state index in [0.29, 0.717) is 32.2 Å². The molecule has 2 aromatic heterocycles. The highest BCUT2D eigenvalue weighted by atomic mass is 19.1. The molecule has 7 nitrogen and oxygen atoms in total. The number of fused-ring (bicyclic) bond motifs is 4. The predicted molar refractivity (Wildman–Crippen MR) is 110 cm³/mol. The number of methoxy groups -OCH3 is 1. The number of halogens is 1. The lowest BCUT2D eigenvalue weighted by Gasteiger charge is -2.42. The summed E-state index contributed by atoms with van der Waals surface area (Å²) in [4.78, 5) is 33.8. The molecule has 2 aliphatic heterocycles. The van der Waals surface area contributed by atoms with Crippen LogP contribution in [0.2, 0.25) is 0 Å². The molecule has 30 heavy (non-hydrogen) atoms. The lowest BCUT2D eigenvalue weighted by molar-refractivity contribution is 0.0739. The second-order valence-corrected chi connectivity index (χ2v) is 8.27. The third kappa shape index (κ3) is 4.15. The average Bonchev–Trinajstić information content (AvgIpc) is 2.74. The van der Waals surface area contributed by atoms with Gasteiger partial charge in [0.2, 0.25) is 0 Å². The monoisotopic (exact) mass is 414 g/mol. The third-order valence-corrected chi connectivity index (χ3v) is 6.06. The van der Waals surface area contributed by atoms with Crippen LogP contribution in [0.25, 0.3) is 0 Å². The molecule has 0 aromatic carbocycles. The number of rotatable bonds is 6. The van der Waals surface area contributed by atoms with Gasteiger partial charge >= 0.3 is 0 Å². The van der Waals surface area contributed by atoms with Crippen LogP contribution in [-0.4, -0.2) is 65.7 Å². The summed E-state index contributed by atoms with van der Waals surface area (Å²) in [6.45, 7) is 3.81. The number of ether oxygens (including phenoxy) is 1. The molecular formula is C22H27FN4O3. The zero-order chi connectivity index (χ0) is 21.3. The fraction of sp³-hybridized carbons (Fsp3) is 0.500. The topological polar surface area (TPSA) is 67.7 Å². The number of piperidine rings is 1. The van der Waals surface area contributed by atoms with Gasteiger partial charge in [-0.2, -0.15) is 0 Å². The van der Waals surface area contributed by atoms with E-state index < -0.39 is 0 Å². The number of amides is 1. The quantitative estimate of drug-likeness (QED) is 0.720. The first kappa shape index (κ1) is 20.7. The van der Waals surface area contributed by atoms with Gasteiger partial charge in [-0.15, -0.1) is 0 Å². The van der Waals surface area contributed by atoms with Crippen molar-refractivity contribution in [2.24, 2.45) is 5.92 Å². The molecule has 0 unspecified atom stereocenters. The highest BCUT2D eigenvalue weighted by Gasteiger charge is 2.35. The van der Waals surface area contributed by atoms with Crippen molar-refractivity contribution in [2.45, 2.75) is 25.4 Å². The van der Waals surface area contributed by atoms with E-state index in [1.807, 2.05) is 6.07 Å². The highest BCUT2D eigenvalue weighted by Crippen LogP contribution is 2.35. The van der Waals surface area contributed by atoms with Crippen LogP contribution in [0.1, 0.15) is 34.1 Å². The molecule has 2 bridgehead atoms. The Balaban J connectivity index is 1.52. The molecule has 1 fully saturated rings. The van der Waals surface area contributed by atoms with E-state index in [0.717, 1.165) is 30.9 Å². The summed E-state index contributed by atoms with van der Waals surface area (Å²) in [6.07, 6.45) is 2.28. The van der Waals surface area contributed by atoms with Crippen molar-refractivity contribution in [2.75, 3.05) is 40.4 Å². The first-order valence-electron chi connectivity index (χ1n) is 10.3. The van der Waals surface area contributed by atoms with E-state index in [2.05, 4.69) is 9.88 Å². The minimum absolute atomic E-state index is 0.204. The molecule has 2 atom stereocenters. The van der Waals surface area contributed by atoms with E-state index in [4.69, 9.17) is 4.74 Å². The van der Waals surface area contributed by atoms with Gasteiger partial charge in [0.25, 0.3) is 11.5 Å². The number of aromatic nitrogens is 2. The van der Waals surface area contributed by atoms with Gasteiger partial charge in [0.1, 0.15) is 11.4 Å². The molecular weight excluding hydrogens is 387 g/mol. The summed E-state index contributed by atoms with van der Waals surface area (Å²) >= 11 is 0. The number of hydrogen-bond acceptors (Lipinski definition) is 5. The van der Waals surface area contributed by atoms with Crippen molar-refractivity contribution in [3.8, 4) is 0 Å². The Morgan fingerprint density at radius 3 is 2.83 bits per heavy atom. The first-order chi connectivity index (χ1) is 14.5. The number of carbonyl (C=O) groups excluding carboxylic acids is 1. The summed E-state index contributed by atoms with van der Waals surface area (Å²) in [7, 11) is 3.27. The Kier molecular flexibility index (Phi) is 5.97. The van der Waals surface area contributed by atoms with Crippen LogP contribution in [0.5, 0.6) is 0 Å². The van der Waals surface area contributed by atoms with Crippen molar-refractivity contribution in [1.29, 1.82) is 0 Å². The zero-order valence-corrected chi connectivity index (χ0v) is 17.4. The van der Waals surface area contributed by atoms with E-state index in [-0.39, 0.29) is 28.8 Å². The minimum atomic E-state index is -0.333. The Labute approximate surface area is 175 Å². The van der Waals surface area contributed by atoms with Gasteiger partial charge in [0, 0.05) is 58.5 Å². The van der Waals surface area contributed by atoms with Gasteiger partial charge in [0.05, 0.1) is 18.5 Å². The van der Waals surface area contributed by atoms with Crippen LogP contribution in [-0.2, 0) is 17.8 Å². The number of pyridine rings is 2. The standard InChI is InChI=1S/C22H27FN4O3/c1-25(7-8-30-2)21(28)19-5-6-20-16-9-15(12-27(20)22(19)29)11-26(13-16)14-18-4-3-17(23)10-24-18/h3-6,10,15-16H,7-9,11-14H2,1-2H3/t15-,16+/m0/s1. The number of likely N-dealkylation sites (tertiary alicyclic amines) is 1. The second-order valence-electron chi connectivity index (χ2n) is 8.27. The van der Waals surface area contributed by atoms with E-state index in [9.17, 15) is 14.0 Å². The molecule has 1 saturated heterocycles. The summed E-state index contributed by atoms with van der Waals surface area (Å²) in [5.74, 6) is -0.0279. The second kappa shape index (κ2) is 8.65. The number of likely N-dealkylation sites (N-methyl/N-ethyl adjacent to an activating group) is 1. The van der Waals surface area contributed by atoms with E-state index >= 15 is 0 Å². The maximum Gasteiger partial charge on any atom is 0.263 e. The van der Waals surface area contributed by atoms with Crippen LogP contribution in [0.15, 0.2) is 35.3 Å². The van der Waals surface area contributed by atoms with Gasteiger partial charge in [-0.3, -0.25) is 19.5 Å². The fourth-order valence-corrected chi connectivity index (χ4v) is 4.60. The maximum atomic E-state index is 13.1. The fourth-order valence-electron chi connectivity index (χ4n) is 4.60. The Morgan fingerprint density at radius 2 is 2.10 bits per heavy atom. The summed E-state index contributed by atoms with van der Waals surface area (Å²) in [5.41, 5.74) is 1.84. The molecule has 0 aliphatic carbocycles. The van der Waals surface area contributed by atoms with Crippen molar-refractivity contribution >= 4 is 5.91 Å². The number of hydrogen-bond donors (Lipinski definition) is 0. The summed E-state index contributed by atoms with van der Waals surface area (Å²) in [5, 5.41) is 0. The van der Waals surface area contributed by atoms with Gasteiger partial charge in [0.15, 0.2) is 0 Å². The van der Waals surface area contributed by atoms with Gasteiger partial charge in [-0.25, -0.2) is 4.39 Å². The molecule has 2 aliphatic rings. The molecule has 4 heterocycles. The molecule has 4 rings (SSSR count). The van der Waals surface area contributed by atoms with Gasteiger partial charge in [-0.1, -0.05) is 0 Å². The van der Waals surface area contributed by atoms with Crippen molar-refractivity contribution in [3.63, 3.8) is 0 Å². The lowest BCUT2D eigenvalue weighted by Crippen LogP contribution is -2.48. The first-order valence-corrected chi connectivity index (χ1v) is 10.3. The highest BCUT2D eigenvalue weighted by molar-refractivity contribution is 5.93. The van der Waals surface area contributed by atoms with Crippen LogP contribution >= 0.6 is 0 Å². The van der Waals surface area contributed by atoms with E-state index in [1.165, 1.54) is 17.2 Å². The number of carbonyl (C=O) groups is 1. The molecule has 8 heteroatoms. The molecule has 0 radical (unpaired) electrons. The summed E-state index contributed by atoms with van der Waals surface area (Å²) in [6, 6.07) is 6.75. The van der Waals surface area contributed by atoms with Crippen molar-refractivity contribution in [3.05, 3.63) is 63.6 Å². The molecule has 1 amide bonds. The van der Waals surface area contributed by atoms with E-state index in [1.54, 1.807) is 30.9 Å². The van der Waals surface area contributed by atoms with Crippen LogP contribution in [0.4, 0.5) is 4.39 Å². The van der Waals surface area contributed by atoms with Crippen molar-refractivity contribution < 1.29 is 13.9 Å². The van der Waals surface area contributed by atoms with Gasteiger partial charge in [-0.05, 0) is 36.6 Å². The molecule has 160 valence electrons. The van der Waals surface area contributed by atoms with Crippen LogP contribution < -0.4 is 5.56 Å². The van der Waals surface area contributed by atoms with Gasteiger partial charge < -0.3 is 14.2 Å². The SMILES string of the molecule is COCCN(C)C(=O)c1ccc2n(c1=O)C[C@H]1C[C@@H]2CN(Cc2ccc(F)cn2)C1. The zero-order valence-electron chi connectivity index (χ0n) is 17.4. The smallest absolute Gasteiger partial charge is 0.263 e. The van der Waals surface area contributed by atoms with Crippen LogP contribution in [0.3, 0.4) is 0 Å². The minimum Gasteiger partial charge on any atom is -0.383 e. The maximum absolute atomic E-state index is 13.1.